The second kappa shape index (κ2) is 11.1. The maximum atomic E-state index is 13.6. The van der Waals surface area contributed by atoms with Gasteiger partial charge in [0.15, 0.2) is 5.54 Å². The molecule has 1 N–H and O–H groups in total. The average molecular weight is 422 g/mol. The Bertz CT molecular complexity index is 770. The van der Waals surface area contributed by atoms with Gasteiger partial charge in [0, 0.05) is 25.5 Å². The van der Waals surface area contributed by atoms with Gasteiger partial charge in [-0.25, -0.2) is 0 Å². The molecule has 1 heterocycles. The number of alkyl halides is 3. The molecule has 0 amide bonds. The van der Waals surface area contributed by atoms with Crippen molar-refractivity contribution in [2.45, 2.75) is 76.4 Å². The average Bonchev–Trinajstić information content (AvgIpc) is 2.70. The first-order chi connectivity index (χ1) is 14.2. The molecule has 4 nitrogen and oxygen atoms in total. The normalized spacial score (nSPS) is 18.3. The van der Waals surface area contributed by atoms with E-state index in [0.29, 0.717) is 18.4 Å². The lowest BCUT2D eigenvalue weighted by Gasteiger charge is -2.34. The lowest BCUT2D eigenvalue weighted by atomic mass is 9.87. The van der Waals surface area contributed by atoms with Crippen molar-refractivity contribution in [3.63, 3.8) is 0 Å². The fourth-order valence-electron chi connectivity index (χ4n) is 3.49. The summed E-state index contributed by atoms with van der Waals surface area (Å²) in [5.74, 6) is 0.312. The Hall–Kier alpha value is -2.44. The highest BCUT2D eigenvalue weighted by Crippen LogP contribution is 2.41. The molecule has 0 saturated heterocycles. The number of allylic oxidation sites excluding steroid dienone is 1. The van der Waals surface area contributed by atoms with Gasteiger partial charge in [-0.15, -0.1) is 0 Å². The minimum absolute atomic E-state index is 0.0315. The SMILES string of the molecule is CC(=O)CCCCCCCCC(=O)Cc1ccc(C2(C(F)(F)F)C=CC=NN2)cc1. The van der Waals surface area contributed by atoms with Crippen LogP contribution in [0.5, 0.6) is 0 Å². The lowest BCUT2D eigenvalue weighted by Crippen LogP contribution is -2.51. The highest BCUT2D eigenvalue weighted by molar-refractivity contribution is 5.80. The highest BCUT2D eigenvalue weighted by Gasteiger charge is 2.55. The molecule has 1 unspecified atom stereocenters. The van der Waals surface area contributed by atoms with Crippen LogP contribution in [0.4, 0.5) is 13.2 Å². The van der Waals surface area contributed by atoms with Crippen molar-refractivity contribution in [2.75, 3.05) is 0 Å². The van der Waals surface area contributed by atoms with Crippen LogP contribution in [0, 0.1) is 0 Å². The predicted molar refractivity (Wildman–Crippen MR) is 111 cm³/mol. The van der Waals surface area contributed by atoms with E-state index >= 15 is 0 Å². The van der Waals surface area contributed by atoms with Gasteiger partial charge in [0.2, 0.25) is 0 Å². The van der Waals surface area contributed by atoms with Crippen molar-refractivity contribution in [1.82, 2.24) is 5.43 Å². The minimum atomic E-state index is -4.55. The molecule has 2 rings (SSSR count). The second-order valence-electron chi connectivity index (χ2n) is 7.79. The molecule has 7 heteroatoms. The number of nitrogens with zero attached hydrogens (tertiary/aromatic N) is 1. The first-order valence-corrected chi connectivity index (χ1v) is 10.4. The third-order valence-corrected chi connectivity index (χ3v) is 5.24. The molecule has 0 spiro atoms. The van der Waals surface area contributed by atoms with E-state index in [1.165, 1.54) is 24.4 Å². The number of carbonyl (C=O) groups excluding carboxylic acids is 2. The molecule has 1 atom stereocenters. The third-order valence-electron chi connectivity index (χ3n) is 5.24. The molecule has 1 aliphatic rings. The number of nitrogens with one attached hydrogen (secondary N) is 1. The van der Waals surface area contributed by atoms with Gasteiger partial charge < -0.3 is 4.79 Å². The van der Waals surface area contributed by atoms with E-state index in [4.69, 9.17) is 0 Å². The number of hydrazone groups is 1. The number of carbonyl (C=O) groups is 2. The van der Waals surface area contributed by atoms with Gasteiger partial charge in [-0.1, -0.05) is 49.9 Å². The van der Waals surface area contributed by atoms with Gasteiger partial charge in [-0.05, 0) is 43.0 Å². The van der Waals surface area contributed by atoms with E-state index in [1.54, 1.807) is 19.1 Å². The van der Waals surface area contributed by atoms with Crippen molar-refractivity contribution in [2.24, 2.45) is 5.10 Å². The number of unbranched alkanes of at least 4 members (excludes halogenated alkanes) is 5. The Labute approximate surface area is 175 Å². The van der Waals surface area contributed by atoms with Crippen LogP contribution in [0.15, 0.2) is 41.5 Å². The van der Waals surface area contributed by atoms with Gasteiger partial charge in [-0.3, -0.25) is 10.2 Å². The summed E-state index contributed by atoms with van der Waals surface area (Å²) < 4.78 is 40.9. The smallest absolute Gasteiger partial charge is 0.300 e. The van der Waals surface area contributed by atoms with Crippen LogP contribution < -0.4 is 5.43 Å². The molecule has 1 aromatic rings. The van der Waals surface area contributed by atoms with E-state index in [9.17, 15) is 22.8 Å². The van der Waals surface area contributed by atoms with Crippen molar-refractivity contribution >= 4 is 17.8 Å². The van der Waals surface area contributed by atoms with E-state index in [0.717, 1.165) is 44.6 Å². The Morgan fingerprint density at radius 3 is 2.10 bits per heavy atom. The van der Waals surface area contributed by atoms with Crippen molar-refractivity contribution in [3.8, 4) is 0 Å². The van der Waals surface area contributed by atoms with Crippen molar-refractivity contribution in [3.05, 3.63) is 47.5 Å². The molecule has 1 aliphatic heterocycles. The van der Waals surface area contributed by atoms with Crippen LogP contribution in [-0.4, -0.2) is 24.0 Å². The molecule has 30 heavy (non-hydrogen) atoms. The zero-order chi connectivity index (χ0) is 22.0. The predicted octanol–water partition coefficient (Wildman–Crippen LogP) is 5.41. The Balaban J connectivity index is 1.77. The van der Waals surface area contributed by atoms with E-state index in [1.807, 2.05) is 0 Å². The van der Waals surface area contributed by atoms with Gasteiger partial charge >= 0.3 is 6.18 Å². The monoisotopic (exact) mass is 422 g/mol. The lowest BCUT2D eigenvalue weighted by molar-refractivity contribution is -0.185. The number of hydrogen-bond acceptors (Lipinski definition) is 4. The van der Waals surface area contributed by atoms with Crippen LogP contribution in [0.3, 0.4) is 0 Å². The molecular weight excluding hydrogens is 393 g/mol. The number of rotatable bonds is 12. The molecule has 0 aromatic heterocycles. The van der Waals surface area contributed by atoms with Crippen molar-refractivity contribution < 1.29 is 22.8 Å². The minimum Gasteiger partial charge on any atom is -0.300 e. The molecule has 0 radical (unpaired) electrons. The van der Waals surface area contributed by atoms with Gasteiger partial charge in [0.1, 0.15) is 11.6 Å². The fourth-order valence-corrected chi connectivity index (χ4v) is 3.49. The third kappa shape index (κ3) is 6.82. The molecule has 164 valence electrons. The molecule has 0 bridgehead atoms. The summed E-state index contributed by atoms with van der Waals surface area (Å²) in [7, 11) is 0. The first-order valence-electron chi connectivity index (χ1n) is 10.4. The number of hydrogen-bond donors (Lipinski definition) is 1. The first kappa shape index (κ1) is 23.8. The topological polar surface area (TPSA) is 58.5 Å². The number of Topliss-reactive ketones (excluding diaryl/α,β-unsaturated/α-hetero) is 2. The van der Waals surface area contributed by atoms with E-state index in [-0.39, 0.29) is 23.6 Å². The molecule has 0 aliphatic carbocycles. The van der Waals surface area contributed by atoms with Crippen LogP contribution in [0.1, 0.15) is 69.4 Å². The van der Waals surface area contributed by atoms with Crippen LogP contribution >= 0.6 is 0 Å². The summed E-state index contributed by atoms with van der Waals surface area (Å²) in [6.07, 6.45) is 6.22. The van der Waals surface area contributed by atoms with Gasteiger partial charge in [-0.2, -0.15) is 18.3 Å². The maximum absolute atomic E-state index is 13.6. The van der Waals surface area contributed by atoms with Crippen LogP contribution in [-0.2, 0) is 21.5 Å². The summed E-state index contributed by atoms with van der Waals surface area (Å²) in [6.45, 7) is 1.60. The largest absolute Gasteiger partial charge is 0.420 e. The summed E-state index contributed by atoms with van der Waals surface area (Å²) in [5.41, 5.74) is 0.563. The van der Waals surface area contributed by atoms with Crippen LogP contribution in [0.25, 0.3) is 0 Å². The Morgan fingerprint density at radius 2 is 1.57 bits per heavy atom. The van der Waals surface area contributed by atoms with Gasteiger partial charge in [0.25, 0.3) is 0 Å². The Kier molecular flexibility index (Phi) is 8.81. The van der Waals surface area contributed by atoms with Crippen molar-refractivity contribution in [1.29, 1.82) is 0 Å². The zero-order valence-corrected chi connectivity index (χ0v) is 17.3. The molecular formula is C23H29F3N2O2. The summed E-state index contributed by atoms with van der Waals surface area (Å²) in [5, 5.41) is 3.57. The number of benzene rings is 1. The second-order valence-corrected chi connectivity index (χ2v) is 7.79. The summed E-state index contributed by atoms with van der Waals surface area (Å²) >= 11 is 0. The quantitative estimate of drug-likeness (QED) is 0.458. The molecule has 1 aromatic carbocycles. The number of halogens is 3. The standard InChI is InChI=1S/C23H29F3N2O2/c1-18(29)9-6-4-2-3-5-7-10-21(30)17-19-11-13-20(14-12-19)22(23(24,25)26)15-8-16-27-28-22/h8,11-16,28H,2-7,9-10,17H2,1H3. The fraction of sp³-hybridized carbons (Fsp3) is 0.522. The maximum Gasteiger partial charge on any atom is 0.420 e. The Morgan fingerprint density at radius 1 is 0.967 bits per heavy atom. The number of ketones is 2. The van der Waals surface area contributed by atoms with Gasteiger partial charge in [0.05, 0.1) is 0 Å². The summed E-state index contributed by atoms with van der Waals surface area (Å²) in [6, 6.07) is 5.94. The highest BCUT2D eigenvalue weighted by atomic mass is 19.4. The molecule has 0 fully saturated rings. The zero-order valence-electron chi connectivity index (χ0n) is 17.3. The molecule has 0 saturated carbocycles. The van der Waals surface area contributed by atoms with E-state index in [2.05, 4.69) is 10.5 Å². The van der Waals surface area contributed by atoms with E-state index < -0.39 is 11.7 Å². The summed E-state index contributed by atoms with van der Waals surface area (Å²) in [4.78, 5) is 23.0. The van der Waals surface area contributed by atoms with Crippen LogP contribution in [0.2, 0.25) is 0 Å².